The van der Waals surface area contributed by atoms with E-state index in [1.54, 1.807) is 6.92 Å². The standard InChI is InChI=1S/C19H19N3O5/c1-12-9-20-17-15(16(12)26-3)18(24)22(19(25)21(17)2)10-14(23)27-11-13-7-5-4-6-8-13/h4-9H,10-11H2,1-3H3. The van der Waals surface area contributed by atoms with E-state index in [1.165, 1.54) is 24.9 Å². The highest BCUT2D eigenvalue weighted by Gasteiger charge is 2.19. The summed E-state index contributed by atoms with van der Waals surface area (Å²) in [5.41, 5.74) is 0.367. The number of aryl methyl sites for hydroxylation is 2. The van der Waals surface area contributed by atoms with E-state index in [4.69, 9.17) is 9.47 Å². The van der Waals surface area contributed by atoms with Gasteiger partial charge in [-0.05, 0) is 12.5 Å². The van der Waals surface area contributed by atoms with Gasteiger partial charge < -0.3 is 9.47 Å². The molecule has 0 aliphatic carbocycles. The van der Waals surface area contributed by atoms with Gasteiger partial charge in [-0.2, -0.15) is 0 Å². The molecule has 2 heterocycles. The average molecular weight is 369 g/mol. The van der Waals surface area contributed by atoms with E-state index in [-0.39, 0.29) is 17.6 Å². The predicted molar refractivity (Wildman–Crippen MR) is 98.8 cm³/mol. The fourth-order valence-electron chi connectivity index (χ4n) is 2.84. The van der Waals surface area contributed by atoms with Crippen LogP contribution in [-0.4, -0.2) is 27.2 Å². The highest BCUT2D eigenvalue weighted by molar-refractivity contribution is 5.82. The minimum Gasteiger partial charge on any atom is -0.495 e. The molecule has 8 nitrogen and oxygen atoms in total. The zero-order valence-electron chi connectivity index (χ0n) is 15.3. The van der Waals surface area contributed by atoms with Crippen molar-refractivity contribution >= 4 is 17.0 Å². The van der Waals surface area contributed by atoms with Crippen molar-refractivity contribution < 1.29 is 14.3 Å². The van der Waals surface area contributed by atoms with Crippen LogP contribution in [0.3, 0.4) is 0 Å². The Kier molecular flexibility index (Phi) is 5.07. The Hall–Kier alpha value is -3.42. The molecule has 3 aromatic rings. The molecule has 3 rings (SSSR count). The zero-order chi connectivity index (χ0) is 19.6. The van der Waals surface area contributed by atoms with Crippen LogP contribution >= 0.6 is 0 Å². The first-order chi connectivity index (χ1) is 12.9. The van der Waals surface area contributed by atoms with E-state index in [1.807, 2.05) is 30.3 Å². The Balaban J connectivity index is 1.98. The van der Waals surface area contributed by atoms with Gasteiger partial charge in [-0.3, -0.25) is 14.2 Å². The fraction of sp³-hybridized carbons (Fsp3) is 0.263. The lowest BCUT2D eigenvalue weighted by molar-refractivity contribution is -0.145. The van der Waals surface area contributed by atoms with Crippen molar-refractivity contribution in [3.8, 4) is 5.75 Å². The van der Waals surface area contributed by atoms with Crippen molar-refractivity contribution in [3.63, 3.8) is 0 Å². The number of fused-ring (bicyclic) bond motifs is 1. The number of pyridine rings is 1. The van der Waals surface area contributed by atoms with E-state index in [0.29, 0.717) is 11.3 Å². The smallest absolute Gasteiger partial charge is 0.332 e. The normalized spacial score (nSPS) is 10.8. The van der Waals surface area contributed by atoms with Gasteiger partial charge in [0.05, 0.1) is 7.11 Å². The van der Waals surface area contributed by atoms with Crippen molar-refractivity contribution in [1.82, 2.24) is 14.1 Å². The van der Waals surface area contributed by atoms with Gasteiger partial charge in [-0.25, -0.2) is 14.3 Å². The number of carbonyl (C=O) groups excluding carboxylic acids is 1. The highest BCUT2D eigenvalue weighted by Crippen LogP contribution is 2.23. The van der Waals surface area contributed by atoms with Crippen LogP contribution in [-0.2, 0) is 29.7 Å². The first-order valence-electron chi connectivity index (χ1n) is 8.26. The van der Waals surface area contributed by atoms with Crippen LogP contribution in [0.1, 0.15) is 11.1 Å². The molecule has 0 saturated heterocycles. The lowest BCUT2D eigenvalue weighted by atomic mass is 10.2. The topological polar surface area (TPSA) is 92.4 Å². The second-order valence-corrected chi connectivity index (χ2v) is 6.05. The molecule has 140 valence electrons. The van der Waals surface area contributed by atoms with Crippen LogP contribution in [0.4, 0.5) is 0 Å². The number of rotatable bonds is 5. The Morgan fingerprint density at radius 3 is 2.56 bits per heavy atom. The number of carbonyl (C=O) groups is 1. The van der Waals surface area contributed by atoms with Crippen LogP contribution in [0.2, 0.25) is 0 Å². The predicted octanol–water partition coefficient (Wildman–Crippen LogP) is 1.16. The molecule has 0 bridgehead atoms. The van der Waals surface area contributed by atoms with Crippen LogP contribution in [0, 0.1) is 6.92 Å². The van der Waals surface area contributed by atoms with Crippen LogP contribution in [0.5, 0.6) is 5.75 Å². The molecule has 0 aliphatic rings. The molecule has 0 atom stereocenters. The van der Waals surface area contributed by atoms with Crippen molar-refractivity contribution in [2.24, 2.45) is 7.05 Å². The molecular formula is C19H19N3O5. The summed E-state index contributed by atoms with van der Waals surface area (Å²) in [7, 11) is 2.92. The lowest BCUT2D eigenvalue weighted by Gasteiger charge is -2.13. The van der Waals surface area contributed by atoms with E-state index < -0.39 is 23.8 Å². The van der Waals surface area contributed by atoms with Crippen molar-refractivity contribution in [3.05, 3.63) is 68.5 Å². The molecule has 0 unspecified atom stereocenters. The molecule has 0 amide bonds. The van der Waals surface area contributed by atoms with Crippen molar-refractivity contribution in [1.29, 1.82) is 0 Å². The summed E-state index contributed by atoms with van der Waals surface area (Å²) in [4.78, 5) is 41.7. The SMILES string of the molecule is COc1c(C)cnc2c1c(=O)n(CC(=O)OCc1ccccc1)c(=O)n2C. The summed E-state index contributed by atoms with van der Waals surface area (Å²) in [5.74, 6) is -0.357. The van der Waals surface area contributed by atoms with Gasteiger partial charge in [0.25, 0.3) is 5.56 Å². The second-order valence-electron chi connectivity index (χ2n) is 6.05. The van der Waals surface area contributed by atoms with Gasteiger partial charge in [-0.1, -0.05) is 30.3 Å². The van der Waals surface area contributed by atoms with Gasteiger partial charge in [0, 0.05) is 18.8 Å². The van der Waals surface area contributed by atoms with Gasteiger partial charge in [0.1, 0.15) is 24.3 Å². The Bertz CT molecular complexity index is 1120. The van der Waals surface area contributed by atoms with Gasteiger partial charge >= 0.3 is 11.7 Å². The van der Waals surface area contributed by atoms with Crippen molar-refractivity contribution in [2.75, 3.05) is 7.11 Å². The summed E-state index contributed by atoms with van der Waals surface area (Å²) in [5, 5.41) is 0.149. The maximum Gasteiger partial charge on any atom is 0.332 e. The number of nitrogens with zero attached hydrogens (tertiary/aromatic N) is 3. The van der Waals surface area contributed by atoms with Crippen molar-refractivity contribution in [2.45, 2.75) is 20.1 Å². The largest absolute Gasteiger partial charge is 0.495 e. The van der Waals surface area contributed by atoms with E-state index in [2.05, 4.69) is 4.98 Å². The molecule has 8 heteroatoms. The Labute approximate surface area is 154 Å². The highest BCUT2D eigenvalue weighted by atomic mass is 16.5. The number of esters is 1. The second kappa shape index (κ2) is 7.45. The lowest BCUT2D eigenvalue weighted by Crippen LogP contribution is -2.41. The number of benzene rings is 1. The maximum atomic E-state index is 12.9. The van der Waals surface area contributed by atoms with Crippen LogP contribution in [0.15, 0.2) is 46.1 Å². The molecule has 27 heavy (non-hydrogen) atoms. The summed E-state index contributed by atoms with van der Waals surface area (Å²) >= 11 is 0. The zero-order valence-corrected chi connectivity index (χ0v) is 15.3. The molecule has 0 radical (unpaired) electrons. The van der Waals surface area contributed by atoms with Crippen LogP contribution < -0.4 is 16.0 Å². The number of methoxy groups -OCH3 is 1. The number of aromatic nitrogens is 3. The quantitative estimate of drug-likeness (QED) is 0.627. The van der Waals surface area contributed by atoms with Gasteiger partial charge in [-0.15, -0.1) is 0 Å². The summed E-state index contributed by atoms with van der Waals surface area (Å²) in [6.07, 6.45) is 1.53. The first kappa shape index (κ1) is 18.4. The molecule has 0 saturated carbocycles. The first-order valence-corrected chi connectivity index (χ1v) is 8.26. The summed E-state index contributed by atoms with van der Waals surface area (Å²) in [6.45, 7) is 1.31. The number of ether oxygens (including phenoxy) is 2. The molecule has 0 fully saturated rings. The average Bonchev–Trinajstić information content (AvgIpc) is 2.68. The van der Waals surface area contributed by atoms with Crippen LogP contribution in [0.25, 0.3) is 11.0 Å². The Morgan fingerprint density at radius 1 is 1.19 bits per heavy atom. The molecule has 0 N–H and O–H groups in total. The Morgan fingerprint density at radius 2 is 1.89 bits per heavy atom. The minimum absolute atomic E-state index is 0.0618. The molecule has 0 spiro atoms. The third kappa shape index (κ3) is 3.46. The molecular weight excluding hydrogens is 350 g/mol. The summed E-state index contributed by atoms with van der Waals surface area (Å²) < 4.78 is 12.5. The number of hydrogen-bond donors (Lipinski definition) is 0. The van der Waals surface area contributed by atoms with E-state index >= 15 is 0 Å². The minimum atomic E-state index is -0.683. The van der Waals surface area contributed by atoms with E-state index in [0.717, 1.165) is 10.1 Å². The monoisotopic (exact) mass is 369 g/mol. The van der Waals surface area contributed by atoms with Gasteiger partial charge in [0.15, 0.2) is 5.65 Å². The fourth-order valence-corrected chi connectivity index (χ4v) is 2.84. The van der Waals surface area contributed by atoms with Gasteiger partial charge in [0.2, 0.25) is 0 Å². The summed E-state index contributed by atoms with van der Waals surface area (Å²) in [6, 6.07) is 9.14. The molecule has 0 aliphatic heterocycles. The number of hydrogen-bond acceptors (Lipinski definition) is 6. The van der Waals surface area contributed by atoms with E-state index in [9.17, 15) is 14.4 Å². The third-order valence-electron chi connectivity index (χ3n) is 4.22. The third-order valence-corrected chi connectivity index (χ3v) is 4.22. The maximum absolute atomic E-state index is 12.9. The molecule has 1 aromatic carbocycles. The molecule has 2 aromatic heterocycles.